The van der Waals surface area contributed by atoms with Crippen LogP contribution in [0.3, 0.4) is 0 Å². The van der Waals surface area contributed by atoms with E-state index < -0.39 is 5.97 Å². The van der Waals surface area contributed by atoms with E-state index in [2.05, 4.69) is 100 Å². The summed E-state index contributed by atoms with van der Waals surface area (Å²) in [5.74, 6) is 0.0922. The van der Waals surface area contributed by atoms with Crippen molar-refractivity contribution in [1.29, 1.82) is 0 Å². The van der Waals surface area contributed by atoms with Gasteiger partial charge in [0.2, 0.25) is 0 Å². The Labute approximate surface area is 219 Å². The molecule has 0 unspecified atom stereocenters. The van der Waals surface area contributed by atoms with Crippen molar-refractivity contribution in [3.8, 4) is 0 Å². The molecule has 0 bridgehead atoms. The molecule has 0 saturated carbocycles. The van der Waals surface area contributed by atoms with Crippen LogP contribution in [0.25, 0.3) is 11.0 Å². The predicted molar refractivity (Wildman–Crippen MR) is 148 cm³/mol. The predicted octanol–water partition coefficient (Wildman–Crippen LogP) is 5.37. The molecule has 0 amide bonds. The highest BCUT2D eigenvalue weighted by Gasteiger charge is 2.26. The number of benzene rings is 3. The van der Waals surface area contributed by atoms with Gasteiger partial charge in [0.05, 0.1) is 23.5 Å². The van der Waals surface area contributed by atoms with E-state index in [9.17, 15) is 4.79 Å². The van der Waals surface area contributed by atoms with Gasteiger partial charge in [-0.3, -0.25) is 14.6 Å². The average Bonchev–Trinajstić information content (AvgIpc) is 3.26. The molecule has 1 aliphatic rings. The first kappa shape index (κ1) is 25.2. The van der Waals surface area contributed by atoms with Crippen LogP contribution in [-0.4, -0.2) is 56.6 Å². The molecule has 1 fully saturated rings. The Morgan fingerprint density at radius 3 is 2.16 bits per heavy atom. The molecule has 0 radical (unpaired) electrons. The SMILES string of the molecule is CCCn1c(CCC(=O)O)nc2cc(CN3CCN(C(c4ccccc4)c4ccccc4)CC3)ccc21. The lowest BCUT2D eigenvalue weighted by Gasteiger charge is -2.39. The van der Waals surface area contributed by atoms with Crippen molar-refractivity contribution in [1.82, 2.24) is 19.4 Å². The molecular formula is C31H36N4O2. The molecule has 3 aromatic carbocycles. The second kappa shape index (κ2) is 11.7. The van der Waals surface area contributed by atoms with Crippen LogP contribution in [0.2, 0.25) is 0 Å². The highest BCUT2D eigenvalue weighted by molar-refractivity contribution is 5.77. The number of aliphatic carboxylic acids is 1. The molecule has 2 heterocycles. The minimum Gasteiger partial charge on any atom is -0.481 e. The van der Waals surface area contributed by atoms with Crippen molar-refractivity contribution in [3.05, 3.63) is 101 Å². The second-order valence-corrected chi connectivity index (χ2v) is 9.93. The van der Waals surface area contributed by atoms with Gasteiger partial charge in [-0.15, -0.1) is 0 Å². The van der Waals surface area contributed by atoms with Crippen LogP contribution >= 0.6 is 0 Å². The maximum atomic E-state index is 11.1. The molecule has 6 nitrogen and oxygen atoms in total. The van der Waals surface area contributed by atoms with Gasteiger partial charge in [-0.25, -0.2) is 4.98 Å². The number of nitrogens with zero attached hydrogens (tertiary/aromatic N) is 4. The lowest BCUT2D eigenvalue weighted by atomic mass is 9.96. The third kappa shape index (κ3) is 5.92. The molecule has 1 aliphatic heterocycles. The first-order chi connectivity index (χ1) is 18.1. The van der Waals surface area contributed by atoms with E-state index in [1.807, 2.05) is 0 Å². The van der Waals surface area contributed by atoms with E-state index in [0.29, 0.717) is 6.42 Å². The third-order valence-corrected chi connectivity index (χ3v) is 7.31. The molecule has 1 saturated heterocycles. The van der Waals surface area contributed by atoms with Gasteiger partial charge in [-0.05, 0) is 35.2 Å². The lowest BCUT2D eigenvalue weighted by Crippen LogP contribution is -2.47. The monoisotopic (exact) mass is 496 g/mol. The summed E-state index contributed by atoms with van der Waals surface area (Å²) >= 11 is 0. The number of piperazine rings is 1. The summed E-state index contributed by atoms with van der Waals surface area (Å²) in [7, 11) is 0. The van der Waals surface area contributed by atoms with E-state index in [-0.39, 0.29) is 12.5 Å². The van der Waals surface area contributed by atoms with Crippen LogP contribution in [0.15, 0.2) is 78.9 Å². The number of fused-ring (bicyclic) bond motifs is 1. The summed E-state index contributed by atoms with van der Waals surface area (Å²) in [5.41, 5.74) is 6.01. The van der Waals surface area contributed by atoms with Crippen molar-refractivity contribution in [3.63, 3.8) is 0 Å². The Morgan fingerprint density at radius 2 is 1.57 bits per heavy atom. The first-order valence-electron chi connectivity index (χ1n) is 13.4. The molecule has 1 N–H and O–H groups in total. The first-order valence-corrected chi connectivity index (χ1v) is 13.4. The highest BCUT2D eigenvalue weighted by atomic mass is 16.4. The van der Waals surface area contributed by atoms with Crippen LogP contribution in [0.4, 0.5) is 0 Å². The minimum atomic E-state index is -0.781. The molecule has 6 heteroatoms. The van der Waals surface area contributed by atoms with E-state index >= 15 is 0 Å². The Kier molecular flexibility index (Phi) is 7.97. The fraction of sp³-hybridized carbons (Fsp3) is 0.355. The summed E-state index contributed by atoms with van der Waals surface area (Å²) in [6.45, 7) is 7.96. The molecule has 0 atom stereocenters. The van der Waals surface area contributed by atoms with Gasteiger partial charge < -0.3 is 9.67 Å². The number of hydrogen-bond donors (Lipinski definition) is 1. The van der Waals surface area contributed by atoms with Gasteiger partial charge in [-0.1, -0.05) is 73.7 Å². The Morgan fingerprint density at radius 1 is 0.919 bits per heavy atom. The molecule has 1 aromatic heterocycles. The summed E-state index contributed by atoms with van der Waals surface area (Å²) < 4.78 is 2.19. The number of aromatic nitrogens is 2. The number of hydrogen-bond acceptors (Lipinski definition) is 4. The largest absolute Gasteiger partial charge is 0.481 e. The zero-order valence-corrected chi connectivity index (χ0v) is 21.6. The molecule has 0 aliphatic carbocycles. The van der Waals surface area contributed by atoms with Crippen LogP contribution in [0.5, 0.6) is 0 Å². The normalized spacial score (nSPS) is 15.0. The highest BCUT2D eigenvalue weighted by Crippen LogP contribution is 2.30. The van der Waals surface area contributed by atoms with Crippen LogP contribution in [0, 0.1) is 0 Å². The van der Waals surface area contributed by atoms with Gasteiger partial charge in [-0.2, -0.15) is 0 Å². The van der Waals surface area contributed by atoms with Crippen LogP contribution in [0.1, 0.15) is 48.3 Å². The molecule has 37 heavy (non-hydrogen) atoms. The summed E-state index contributed by atoms with van der Waals surface area (Å²) in [4.78, 5) is 21.1. The summed E-state index contributed by atoms with van der Waals surface area (Å²) in [6, 6.07) is 28.5. The van der Waals surface area contributed by atoms with Gasteiger partial charge in [0.15, 0.2) is 0 Å². The van der Waals surface area contributed by atoms with Crippen LogP contribution in [-0.2, 0) is 24.3 Å². The van der Waals surface area contributed by atoms with E-state index in [4.69, 9.17) is 10.1 Å². The van der Waals surface area contributed by atoms with Crippen LogP contribution < -0.4 is 0 Å². The van der Waals surface area contributed by atoms with Crippen molar-refractivity contribution in [2.24, 2.45) is 0 Å². The standard InChI is InChI=1S/C31H36N4O2/c1-2-17-35-28-14-13-24(22-27(28)32-29(35)15-16-30(36)37)23-33-18-20-34(21-19-33)31(25-9-5-3-6-10-25)26-11-7-4-8-12-26/h3-14,22,31H,2,15-21,23H2,1H3,(H,36,37). The van der Waals surface area contributed by atoms with E-state index in [0.717, 1.165) is 62.5 Å². The number of carboxylic acid groups (broad SMARTS) is 1. The van der Waals surface area contributed by atoms with Gasteiger partial charge >= 0.3 is 5.97 Å². The van der Waals surface area contributed by atoms with Crippen molar-refractivity contribution >= 4 is 17.0 Å². The Bertz CT molecular complexity index is 1270. The molecule has 192 valence electrons. The summed E-state index contributed by atoms with van der Waals surface area (Å²) in [5, 5.41) is 9.13. The number of carboxylic acids is 1. The zero-order chi connectivity index (χ0) is 25.6. The van der Waals surface area contributed by atoms with Crippen molar-refractivity contribution < 1.29 is 9.90 Å². The fourth-order valence-electron chi connectivity index (χ4n) is 5.53. The second-order valence-electron chi connectivity index (χ2n) is 9.93. The quantitative estimate of drug-likeness (QED) is 0.320. The Balaban J connectivity index is 1.28. The Hall–Kier alpha value is -3.48. The number of imidazole rings is 1. The lowest BCUT2D eigenvalue weighted by molar-refractivity contribution is -0.137. The molecule has 4 aromatic rings. The number of carbonyl (C=O) groups is 1. The zero-order valence-electron chi connectivity index (χ0n) is 21.6. The van der Waals surface area contributed by atoms with Gasteiger partial charge in [0, 0.05) is 45.7 Å². The molecule has 5 rings (SSSR count). The number of rotatable bonds is 10. The topological polar surface area (TPSA) is 61.6 Å². The average molecular weight is 497 g/mol. The fourth-order valence-corrected chi connectivity index (χ4v) is 5.53. The van der Waals surface area contributed by atoms with Gasteiger partial charge in [0.25, 0.3) is 0 Å². The van der Waals surface area contributed by atoms with Crippen molar-refractivity contribution in [2.75, 3.05) is 26.2 Å². The smallest absolute Gasteiger partial charge is 0.303 e. The minimum absolute atomic E-state index is 0.108. The van der Waals surface area contributed by atoms with Gasteiger partial charge in [0.1, 0.15) is 5.82 Å². The number of aryl methyl sites for hydroxylation is 2. The van der Waals surface area contributed by atoms with E-state index in [1.54, 1.807) is 0 Å². The maximum absolute atomic E-state index is 11.1. The third-order valence-electron chi connectivity index (χ3n) is 7.31. The molecule has 0 spiro atoms. The van der Waals surface area contributed by atoms with E-state index in [1.165, 1.54) is 16.7 Å². The van der Waals surface area contributed by atoms with Crippen molar-refractivity contribution in [2.45, 2.75) is 45.3 Å². The maximum Gasteiger partial charge on any atom is 0.303 e. The summed E-state index contributed by atoms with van der Waals surface area (Å²) in [6.07, 6.45) is 1.56. The molecular weight excluding hydrogens is 460 g/mol.